The molecule has 1 N–H and O–H groups in total. The van der Waals surface area contributed by atoms with Gasteiger partial charge in [0.25, 0.3) is 0 Å². The molecule has 0 aliphatic carbocycles. The van der Waals surface area contributed by atoms with Crippen LogP contribution in [0.3, 0.4) is 0 Å². The topological polar surface area (TPSA) is 57.6 Å². The monoisotopic (exact) mass is 281 g/mol. The van der Waals surface area contributed by atoms with E-state index in [1.165, 1.54) is 20.0 Å². The first kappa shape index (κ1) is 15.2. The first-order chi connectivity index (χ1) is 8.82. The summed E-state index contributed by atoms with van der Waals surface area (Å²) in [6.45, 7) is 3.35. The molecule has 1 unspecified atom stereocenters. The summed E-state index contributed by atoms with van der Waals surface area (Å²) in [5, 5.41) is 9.44. The summed E-state index contributed by atoms with van der Waals surface area (Å²) < 4.78 is 0. The van der Waals surface area contributed by atoms with Gasteiger partial charge in [0.15, 0.2) is 0 Å². The normalized spacial score (nSPS) is 12.4. The van der Waals surface area contributed by atoms with Crippen LogP contribution in [0.15, 0.2) is 24.3 Å². The molecule has 0 aromatic heterocycles. The fourth-order valence-electron chi connectivity index (χ4n) is 1.35. The number of rotatable bonds is 4. The lowest BCUT2D eigenvalue weighted by molar-refractivity contribution is -0.146. The number of hydrogen-bond donors (Lipinski definition) is 1. The van der Waals surface area contributed by atoms with Crippen molar-refractivity contribution in [2.45, 2.75) is 19.9 Å². The van der Waals surface area contributed by atoms with Gasteiger partial charge < -0.3 is 10.0 Å². The molecule has 4 nitrogen and oxygen atoms in total. The molecule has 1 rings (SSSR count). The van der Waals surface area contributed by atoms with E-state index < -0.39 is 12.0 Å². The number of amides is 1. The smallest absolute Gasteiger partial charge is 0.326 e. The SMILES string of the molecule is Cc1ccc(C=CC(=O)N(C)C(C)C(=O)O)cc1Cl. The molecule has 0 aliphatic heterocycles. The molecule has 5 heteroatoms. The molecular formula is C14H16ClNO3. The number of aliphatic carboxylic acids is 1. The van der Waals surface area contributed by atoms with Gasteiger partial charge in [-0.05, 0) is 37.1 Å². The number of benzene rings is 1. The predicted octanol–water partition coefficient (Wildman–Crippen LogP) is 2.59. The van der Waals surface area contributed by atoms with Gasteiger partial charge in [-0.3, -0.25) is 4.79 Å². The van der Waals surface area contributed by atoms with Crippen molar-refractivity contribution in [3.05, 3.63) is 40.4 Å². The highest BCUT2D eigenvalue weighted by atomic mass is 35.5. The number of nitrogens with zero attached hydrogens (tertiary/aromatic N) is 1. The van der Waals surface area contributed by atoms with Crippen molar-refractivity contribution >= 4 is 29.6 Å². The molecule has 1 aromatic carbocycles. The highest BCUT2D eigenvalue weighted by molar-refractivity contribution is 6.31. The van der Waals surface area contributed by atoms with Gasteiger partial charge in [0.05, 0.1) is 0 Å². The zero-order chi connectivity index (χ0) is 14.6. The van der Waals surface area contributed by atoms with Crippen molar-refractivity contribution in [3.63, 3.8) is 0 Å². The van der Waals surface area contributed by atoms with Crippen molar-refractivity contribution in [2.24, 2.45) is 0 Å². The molecule has 0 saturated carbocycles. The van der Waals surface area contributed by atoms with Gasteiger partial charge in [-0.15, -0.1) is 0 Å². The van der Waals surface area contributed by atoms with Gasteiger partial charge in [0, 0.05) is 18.1 Å². The Balaban J connectivity index is 2.78. The molecule has 0 radical (unpaired) electrons. The Morgan fingerprint density at radius 3 is 2.58 bits per heavy atom. The number of carbonyl (C=O) groups is 2. The summed E-state index contributed by atoms with van der Waals surface area (Å²) >= 11 is 5.98. The molecule has 102 valence electrons. The quantitative estimate of drug-likeness (QED) is 0.863. The standard InChI is InChI=1S/C14H16ClNO3/c1-9-4-5-11(8-12(9)15)6-7-13(17)16(3)10(2)14(18)19/h4-8,10H,1-3H3,(H,18,19). The maximum absolute atomic E-state index is 11.8. The third-order valence-corrected chi connectivity index (χ3v) is 3.31. The number of aryl methyl sites for hydroxylation is 1. The Labute approximate surface area is 117 Å². The zero-order valence-electron chi connectivity index (χ0n) is 11.1. The van der Waals surface area contributed by atoms with Crippen LogP contribution in [-0.2, 0) is 9.59 Å². The molecular weight excluding hydrogens is 266 g/mol. The van der Waals surface area contributed by atoms with Crippen LogP contribution in [0.2, 0.25) is 5.02 Å². The first-order valence-electron chi connectivity index (χ1n) is 5.76. The van der Waals surface area contributed by atoms with E-state index in [9.17, 15) is 9.59 Å². The summed E-state index contributed by atoms with van der Waals surface area (Å²) in [6.07, 6.45) is 2.94. The first-order valence-corrected chi connectivity index (χ1v) is 6.14. The van der Waals surface area contributed by atoms with Crippen molar-refractivity contribution in [3.8, 4) is 0 Å². The van der Waals surface area contributed by atoms with Crippen LogP contribution in [0.5, 0.6) is 0 Å². The molecule has 0 heterocycles. The van der Waals surface area contributed by atoms with Gasteiger partial charge >= 0.3 is 5.97 Å². The van der Waals surface area contributed by atoms with E-state index >= 15 is 0 Å². The summed E-state index contributed by atoms with van der Waals surface area (Å²) in [7, 11) is 1.45. The third-order valence-electron chi connectivity index (χ3n) is 2.90. The van der Waals surface area contributed by atoms with Crippen LogP contribution < -0.4 is 0 Å². The molecule has 0 fully saturated rings. The van der Waals surface area contributed by atoms with Crippen LogP contribution in [0, 0.1) is 6.92 Å². The number of carboxylic acids is 1. The highest BCUT2D eigenvalue weighted by Gasteiger charge is 2.19. The summed E-state index contributed by atoms with van der Waals surface area (Å²) in [5.74, 6) is -1.41. The Hall–Kier alpha value is -1.81. The Morgan fingerprint density at radius 1 is 1.42 bits per heavy atom. The average molecular weight is 282 g/mol. The van der Waals surface area contributed by atoms with E-state index in [1.807, 2.05) is 19.1 Å². The van der Waals surface area contributed by atoms with Crippen LogP contribution in [0.4, 0.5) is 0 Å². The minimum absolute atomic E-state index is 0.369. The predicted molar refractivity (Wildman–Crippen MR) is 75.1 cm³/mol. The van der Waals surface area contributed by atoms with Crippen molar-refractivity contribution < 1.29 is 14.7 Å². The van der Waals surface area contributed by atoms with E-state index in [0.29, 0.717) is 5.02 Å². The largest absolute Gasteiger partial charge is 0.480 e. The van der Waals surface area contributed by atoms with Crippen molar-refractivity contribution in [1.82, 2.24) is 4.90 Å². The summed E-state index contributed by atoms with van der Waals surface area (Å²) in [4.78, 5) is 23.7. The van der Waals surface area contributed by atoms with E-state index in [-0.39, 0.29) is 5.91 Å². The molecule has 1 atom stereocenters. The lowest BCUT2D eigenvalue weighted by Gasteiger charge is -2.19. The summed E-state index contributed by atoms with van der Waals surface area (Å²) in [6, 6.07) is 4.59. The molecule has 19 heavy (non-hydrogen) atoms. The van der Waals surface area contributed by atoms with Crippen molar-refractivity contribution in [2.75, 3.05) is 7.05 Å². The Kier molecular flexibility index (Phi) is 5.12. The molecule has 1 amide bonds. The maximum Gasteiger partial charge on any atom is 0.326 e. The second-order valence-electron chi connectivity index (χ2n) is 4.31. The third kappa shape index (κ3) is 4.10. The van der Waals surface area contributed by atoms with Gasteiger partial charge in [-0.2, -0.15) is 0 Å². The van der Waals surface area contributed by atoms with E-state index in [0.717, 1.165) is 16.0 Å². The number of carbonyl (C=O) groups excluding carboxylic acids is 1. The second kappa shape index (κ2) is 6.38. The number of halogens is 1. The Bertz CT molecular complexity index is 525. The van der Waals surface area contributed by atoms with E-state index in [2.05, 4.69) is 0 Å². The van der Waals surface area contributed by atoms with E-state index in [1.54, 1.807) is 12.1 Å². The van der Waals surface area contributed by atoms with Crippen molar-refractivity contribution in [1.29, 1.82) is 0 Å². The lowest BCUT2D eigenvalue weighted by Crippen LogP contribution is -2.39. The molecule has 0 bridgehead atoms. The van der Waals surface area contributed by atoms with Crippen LogP contribution in [-0.4, -0.2) is 35.0 Å². The molecule has 0 aliphatic rings. The van der Waals surface area contributed by atoms with Crippen LogP contribution in [0.1, 0.15) is 18.1 Å². The van der Waals surface area contributed by atoms with Crippen LogP contribution >= 0.6 is 11.6 Å². The zero-order valence-corrected chi connectivity index (χ0v) is 11.8. The second-order valence-corrected chi connectivity index (χ2v) is 4.71. The van der Waals surface area contributed by atoms with E-state index in [4.69, 9.17) is 16.7 Å². The minimum atomic E-state index is -1.04. The molecule has 0 spiro atoms. The summed E-state index contributed by atoms with van der Waals surface area (Å²) in [5.41, 5.74) is 1.75. The minimum Gasteiger partial charge on any atom is -0.480 e. The maximum atomic E-state index is 11.8. The lowest BCUT2D eigenvalue weighted by atomic mass is 10.1. The Morgan fingerprint density at radius 2 is 2.05 bits per heavy atom. The fraction of sp³-hybridized carbons (Fsp3) is 0.286. The van der Waals surface area contributed by atoms with Gasteiger partial charge in [-0.25, -0.2) is 4.79 Å². The number of likely N-dealkylation sites (N-methyl/N-ethyl adjacent to an activating group) is 1. The van der Waals surface area contributed by atoms with Gasteiger partial charge in [0.2, 0.25) is 5.91 Å². The molecule has 1 aromatic rings. The van der Waals surface area contributed by atoms with Gasteiger partial charge in [0.1, 0.15) is 6.04 Å². The number of hydrogen-bond acceptors (Lipinski definition) is 2. The average Bonchev–Trinajstić information content (AvgIpc) is 2.37. The van der Waals surface area contributed by atoms with Gasteiger partial charge in [-0.1, -0.05) is 23.7 Å². The highest BCUT2D eigenvalue weighted by Crippen LogP contribution is 2.17. The number of carboxylic acid groups (broad SMARTS) is 1. The van der Waals surface area contributed by atoms with Crippen LogP contribution in [0.25, 0.3) is 6.08 Å². The fourth-order valence-corrected chi connectivity index (χ4v) is 1.54. The molecule has 0 saturated heterocycles.